The number of furan rings is 1. The number of hydrogen-bond donors (Lipinski definition) is 1. The molecule has 0 aliphatic heterocycles. The third kappa shape index (κ3) is 3.25. The van der Waals surface area contributed by atoms with Crippen molar-refractivity contribution in [3.63, 3.8) is 0 Å². The molecule has 1 aromatic carbocycles. The zero-order valence-corrected chi connectivity index (χ0v) is 13.7. The van der Waals surface area contributed by atoms with Gasteiger partial charge in [-0.2, -0.15) is 5.10 Å². The van der Waals surface area contributed by atoms with E-state index in [-0.39, 0.29) is 5.91 Å². The minimum absolute atomic E-state index is 0.217. The maximum Gasteiger partial charge on any atom is 0.255 e. The highest BCUT2D eigenvalue weighted by Gasteiger charge is 2.15. The van der Waals surface area contributed by atoms with Gasteiger partial charge in [-0.25, -0.2) is 4.68 Å². The Balaban J connectivity index is 1.80. The van der Waals surface area contributed by atoms with Crippen LogP contribution in [0.5, 0.6) is 0 Å². The fourth-order valence-corrected chi connectivity index (χ4v) is 2.48. The average Bonchev–Trinajstić information content (AvgIpc) is 3.17. The predicted molar refractivity (Wildman–Crippen MR) is 88.2 cm³/mol. The Morgan fingerprint density at radius 1 is 1.30 bits per heavy atom. The Labute approximate surface area is 142 Å². The van der Waals surface area contributed by atoms with Crippen molar-refractivity contribution in [2.45, 2.75) is 13.5 Å². The molecule has 23 heavy (non-hydrogen) atoms. The van der Waals surface area contributed by atoms with Gasteiger partial charge < -0.3 is 9.73 Å². The number of nitrogens with one attached hydrogen (secondary N) is 1. The van der Waals surface area contributed by atoms with E-state index >= 15 is 0 Å². The largest absolute Gasteiger partial charge is 0.467 e. The smallest absolute Gasteiger partial charge is 0.255 e. The van der Waals surface area contributed by atoms with Gasteiger partial charge in [-0.1, -0.05) is 23.2 Å². The van der Waals surface area contributed by atoms with Crippen molar-refractivity contribution in [3.05, 3.63) is 69.9 Å². The molecule has 1 amide bonds. The third-order valence-electron chi connectivity index (χ3n) is 3.41. The number of halogens is 2. The van der Waals surface area contributed by atoms with Gasteiger partial charge in [0.05, 0.1) is 46.0 Å². The molecule has 0 bridgehead atoms. The highest BCUT2D eigenvalue weighted by atomic mass is 35.5. The van der Waals surface area contributed by atoms with Gasteiger partial charge in [0, 0.05) is 0 Å². The van der Waals surface area contributed by atoms with Crippen LogP contribution < -0.4 is 5.32 Å². The molecule has 0 atom stereocenters. The Morgan fingerprint density at radius 3 is 2.83 bits per heavy atom. The van der Waals surface area contributed by atoms with Crippen LogP contribution >= 0.6 is 23.2 Å². The molecule has 3 rings (SSSR count). The van der Waals surface area contributed by atoms with Gasteiger partial charge >= 0.3 is 0 Å². The number of nitrogens with zero attached hydrogens (tertiary/aromatic N) is 2. The van der Waals surface area contributed by atoms with Gasteiger partial charge in [-0.3, -0.25) is 4.79 Å². The molecule has 0 saturated carbocycles. The third-order valence-corrected chi connectivity index (χ3v) is 4.14. The van der Waals surface area contributed by atoms with Crippen molar-refractivity contribution in [1.29, 1.82) is 0 Å². The highest BCUT2D eigenvalue weighted by molar-refractivity contribution is 6.42. The van der Waals surface area contributed by atoms with Crippen LogP contribution in [-0.4, -0.2) is 15.7 Å². The van der Waals surface area contributed by atoms with Gasteiger partial charge in [0.1, 0.15) is 5.76 Å². The van der Waals surface area contributed by atoms with Crippen LogP contribution in [0, 0.1) is 6.92 Å². The second-order valence-corrected chi connectivity index (χ2v) is 5.73. The van der Waals surface area contributed by atoms with Crippen molar-refractivity contribution >= 4 is 29.1 Å². The second-order valence-electron chi connectivity index (χ2n) is 4.92. The summed E-state index contributed by atoms with van der Waals surface area (Å²) in [7, 11) is 0. The first-order valence-electron chi connectivity index (χ1n) is 6.87. The first-order chi connectivity index (χ1) is 11.1. The summed E-state index contributed by atoms with van der Waals surface area (Å²) in [4.78, 5) is 12.3. The number of rotatable bonds is 4. The molecule has 5 nitrogen and oxygen atoms in total. The molecule has 0 aliphatic carbocycles. The van der Waals surface area contributed by atoms with Crippen LogP contribution in [0.1, 0.15) is 21.8 Å². The molecule has 0 radical (unpaired) electrons. The molecule has 1 N–H and O–H groups in total. The summed E-state index contributed by atoms with van der Waals surface area (Å²) < 4.78 is 6.83. The number of hydrogen-bond acceptors (Lipinski definition) is 3. The molecule has 0 saturated heterocycles. The van der Waals surface area contributed by atoms with E-state index in [4.69, 9.17) is 27.6 Å². The van der Waals surface area contributed by atoms with E-state index < -0.39 is 0 Å². The Kier molecular flexibility index (Phi) is 4.41. The number of carbonyl (C=O) groups is 1. The van der Waals surface area contributed by atoms with E-state index in [9.17, 15) is 4.79 Å². The minimum Gasteiger partial charge on any atom is -0.467 e. The zero-order valence-electron chi connectivity index (χ0n) is 12.2. The van der Waals surface area contributed by atoms with Crippen LogP contribution in [0.25, 0.3) is 5.69 Å². The molecule has 2 aromatic heterocycles. The molecular formula is C16H13Cl2N3O2. The number of benzene rings is 1. The molecule has 118 valence electrons. The van der Waals surface area contributed by atoms with E-state index in [1.807, 2.05) is 6.92 Å². The summed E-state index contributed by atoms with van der Waals surface area (Å²) in [6.07, 6.45) is 3.09. The topological polar surface area (TPSA) is 60.1 Å². The lowest BCUT2D eigenvalue weighted by atomic mass is 10.2. The fraction of sp³-hybridized carbons (Fsp3) is 0.125. The van der Waals surface area contributed by atoms with Crippen LogP contribution in [-0.2, 0) is 6.54 Å². The van der Waals surface area contributed by atoms with Crippen molar-refractivity contribution < 1.29 is 9.21 Å². The highest BCUT2D eigenvalue weighted by Crippen LogP contribution is 2.25. The van der Waals surface area contributed by atoms with Gasteiger partial charge in [-0.05, 0) is 37.3 Å². The minimum atomic E-state index is -0.217. The van der Waals surface area contributed by atoms with E-state index in [1.54, 1.807) is 41.3 Å². The lowest BCUT2D eigenvalue weighted by Crippen LogP contribution is -2.23. The molecule has 0 spiro atoms. The Hall–Kier alpha value is -2.24. The van der Waals surface area contributed by atoms with Crippen LogP contribution in [0.3, 0.4) is 0 Å². The second kappa shape index (κ2) is 6.48. The Bertz CT molecular complexity index is 841. The summed E-state index contributed by atoms with van der Waals surface area (Å²) in [6.45, 7) is 2.14. The van der Waals surface area contributed by atoms with E-state index in [0.717, 1.165) is 5.69 Å². The van der Waals surface area contributed by atoms with Crippen LogP contribution in [0.4, 0.5) is 0 Å². The van der Waals surface area contributed by atoms with Gasteiger partial charge in [0.15, 0.2) is 0 Å². The normalized spacial score (nSPS) is 10.7. The molecule has 0 fully saturated rings. The van der Waals surface area contributed by atoms with Crippen molar-refractivity contribution in [2.24, 2.45) is 0 Å². The Morgan fingerprint density at radius 2 is 2.13 bits per heavy atom. The lowest BCUT2D eigenvalue weighted by Gasteiger charge is -2.07. The quantitative estimate of drug-likeness (QED) is 0.773. The molecule has 0 unspecified atom stereocenters. The lowest BCUT2D eigenvalue weighted by molar-refractivity contribution is 0.0947. The molecule has 3 aromatic rings. The number of aromatic nitrogens is 2. The van der Waals surface area contributed by atoms with E-state index in [2.05, 4.69) is 10.4 Å². The fourth-order valence-electron chi connectivity index (χ4n) is 2.19. The number of amides is 1. The van der Waals surface area contributed by atoms with E-state index in [1.165, 1.54) is 6.20 Å². The van der Waals surface area contributed by atoms with Crippen LogP contribution in [0.15, 0.2) is 47.2 Å². The first-order valence-corrected chi connectivity index (χ1v) is 7.62. The van der Waals surface area contributed by atoms with Crippen molar-refractivity contribution in [2.75, 3.05) is 0 Å². The monoisotopic (exact) mass is 349 g/mol. The summed E-state index contributed by atoms with van der Waals surface area (Å²) in [5.41, 5.74) is 1.94. The van der Waals surface area contributed by atoms with Crippen LogP contribution in [0.2, 0.25) is 10.0 Å². The summed E-state index contributed by atoms with van der Waals surface area (Å²) in [5.74, 6) is 0.470. The summed E-state index contributed by atoms with van der Waals surface area (Å²) >= 11 is 11.9. The van der Waals surface area contributed by atoms with E-state index in [0.29, 0.717) is 33.6 Å². The molecular weight excluding hydrogens is 337 g/mol. The zero-order chi connectivity index (χ0) is 16.4. The molecule has 7 heteroatoms. The molecule has 2 heterocycles. The maximum atomic E-state index is 12.3. The van der Waals surface area contributed by atoms with Crippen molar-refractivity contribution in [3.8, 4) is 5.69 Å². The standard InChI is InChI=1S/C16H13Cl2N3O2/c1-10-13(16(22)19-8-12-3-2-6-23-12)9-20-21(10)11-4-5-14(17)15(18)7-11/h2-7,9H,8H2,1H3,(H,19,22). The number of carbonyl (C=O) groups excluding carboxylic acids is 1. The van der Waals surface area contributed by atoms with Crippen molar-refractivity contribution in [1.82, 2.24) is 15.1 Å². The van der Waals surface area contributed by atoms with Gasteiger partial charge in [-0.15, -0.1) is 0 Å². The van der Waals surface area contributed by atoms with Gasteiger partial charge in [0.25, 0.3) is 5.91 Å². The SMILES string of the molecule is Cc1c(C(=O)NCc2ccco2)cnn1-c1ccc(Cl)c(Cl)c1. The first kappa shape index (κ1) is 15.6. The summed E-state index contributed by atoms with van der Waals surface area (Å²) in [6, 6.07) is 8.76. The average molecular weight is 350 g/mol. The molecule has 0 aliphatic rings. The van der Waals surface area contributed by atoms with Gasteiger partial charge in [0.2, 0.25) is 0 Å². The predicted octanol–water partition coefficient (Wildman–Crippen LogP) is 4.01. The summed E-state index contributed by atoms with van der Waals surface area (Å²) in [5, 5.41) is 7.95. The maximum absolute atomic E-state index is 12.3.